The maximum absolute atomic E-state index is 12.6. The molecule has 0 heterocycles. The second-order valence-corrected chi connectivity index (χ2v) is 12.6. The molecule has 5 nitrogen and oxygen atoms in total. The minimum absolute atomic E-state index is 0.0389. The van der Waals surface area contributed by atoms with Crippen molar-refractivity contribution in [3.63, 3.8) is 0 Å². The summed E-state index contributed by atoms with van der Waals surface area (Å²) in [5.74, 6) is -0.139. The van der Waals surface area contributed by atoms with E-state index >= 15 is 0 Å². The summed E-state index contributed by atoms with van der Waals surface area (Å²) in [6.45, 7) is 5.53. The average molecular weight is 628 g/mol. The topological polar surface area (TPSA) is 84.2 Å². The number of allylic oxidation sites excluding steroid dienone is 8. The first-order valence-electron chi connectivity index (χ1n) is 19.0. The third kappa shape index (κ3) is 33.0. The van der Waals surface area contributed by atoms with Gasteiger partial charge in [0.25, 0.3) is 0 Å². The minimum atomic E-state index is -0.523. The normalized spacial score (nSPS) is 12.7. The van der Waals surface area contributed by atoms with E-state index in [1.54, 1.807) is 0 Å². The van der Waals surface area contributed by atoms with Gasteiger partial charge >= 0.3 is 0 Å². The fourth-order valence-corrected chi connectivity index (χ4v) is 5.25. The van der Waals surface area contributed by atoms with E-state index in [0.717, 1.165) is 51.4 Å². The Balaban J connectivity index is 3.75. The van der Waals surface area contributed by atoms with E-state index in [-0.39, 0.29) is 11.8 Å². The highest BCUT2D eigenvalue weighted by Gasteiger charge is 2.19. The molecule has 45 heavy (non-hydrogen) atoms. The standard InChI is InChI=1S/C40H73N3O2/c1-3-5-7-9-11-13-15-17-19-21-23-25-27-29-31-33-37-42-40(45)38(35-36-41)43-39(44)34-32-30-28-26-24-22-20-18-16-14-12-10-8-6-4-2/h11-14,17-20,38H,3-10,15-16,21-37,41H2,1-2H3,(H,42,45)(H,43,44)/b13-11-,14-12?,19-17-,20-18?. The molecule has 0 bridgehead atoms. The summed E-state index contributed by atoms with van der Waals surface area (Å²) in [6, 6.07) is -0.523. The second kappa shape index (κ2) is 36.3. The molecule has 0 spiro atoms. The highest BCUT2D eigenvalue weighted by atomic mass is 16.2. The summed E-state index contributed by atoms with van der Waals surface area (Å²) in [4.78, 5) is 25.1. The van der Waals surface area contributed by atoms with Crippen LogP contribution in [0.5, 0.6) is 0 Å². The summed E-state index contributed by atoms with van der Waals surface area (Å²) < 4.78 is 0. The van der Waals surface area contributed by atoms with Crippen molar-refractivity contribution in [1.29, 1.82) is 0 Å². The van der Waals surface area contributed by atoms with Crippen LogP contribution in [0.1, 0.15) is 174 Å². The van der Waals surface area contributed by atoms with Gasteiger partial charge in [0.2, 0.25) is 11.8 Å². The molecule has 0 aliphatic rings. The lowest BCUT2D eigenvalue weighted by Gasteiger charge is -2.18. The number of nitrogens with one attached hydrogen (secondary N) is 2. The number of rotatable bonds is 33. The van der Waals surface area contributed by atoms with Crippen LogP contribution in [-0.4, -0.2) is 30.9 Å². The Kier molecular flexibility index (Phi) is 34.6. The lowest BCUT2D eigenvalue weighted by molar-refractivity contribution is -0.129. The fourth-order valence-electron chi connectivity index (χ4n) is 5.25. The highest BCUT2D eigenvalue weighted by Crippen LogP contribution is 2.10. The van der Waals surface area contributed by atoms with Crippen LogP contribution in [0.15, 0.2) is 48.6 Å². The van der Waals surface area contributed by atoms with Gasteiger partial charge in [0, 0.05) is 13.0 Å². The van der Waals surface area contributed by atoms with E-state index in [1.807, 2.05) is 0 Å². The van der Waals surface area contributed by atoms with E-state index in [1.165, 1.54) is 96.3 Å². The zero-order chi connectivity index (χ0) is 32.9. The summed E-state index contributed by atoms with van der Waals surface area (Å²) in [5.41, 5.74) is 5.73. The van der Waals surface area contributed by atoms with Crippen molar-refractivity contribution >= 4 is 11.8 Å². The molecule has 0 saturated heterocycles. The first-order valence-corrected chi connectivity index (χ1v) is 19.0. The fraction of sp³-hybridized carbons (Fsp3) is 0.750. The van der Waals surface area contributed by atoms with Gasteiger partial charge in [0.05, 0.1) is 0 Å². The van der Waals surface area contributed by atoms with Crippen LogP contribution >= 0.6 is 0 Å². The quantitative estimate of drug-likeness (QED) is 0.0500. The largest absolute Gasteiger partial charge is 0.354 e. The van der Waals surface area contributed by atoms with Crippen LogP contribution in [0, 0.1) is 0 Å². The van der Waals surface area contributed by atoms with Gasteiger partial charge in [-0.15, -0.1) is 0 Å². The summed E-state index contributed by atoms with van der Waals surface area (Å²) in [5, 5.41) is 5.93. The van der Waals surface area contributed by atoms with Crippen molar-refractivity contribution in [2.24, 2.45) is 5.73 Å². The SMILES string of the molecule is CCCCCC=CCC=CCCCCCCCC(=O)NC(CCN)C(=O)NCCCCCCCC/C=C\C/C=C\CCCCC. The molecule has 4 N–H and O–H groups in total. The van der Waals surface area contributed by atoms with Gasteiger partial charge in [0.1, 0.15) is 6.04 Å². The Labute approximate surface area is 279 Å². The van der Waals surface area contributed by atoms with Crippen LogP contribution in [0.2, 0.25) is 0 Å². The molecule has 2 amide bonds. The van der Waals surface area contributed by atoms with E-state index in [9.17, 15) is 9.59 Å². The molecule has 1 atom stereocenters. The van der Waals surface area contributed by atoms with Gasteiger partial charge in [-0.2, -0.15) is 0 Å². The van der Waals surface area contributed by atoms with Crippen LogP contribution in [-0.2, 0) is 9.59 Å². The molecule has 0 aromatic heterocycles. The molecule has 0 aromatic carbocycles. The Morgan fingerprint density at radius 3 is 1.44 bits per heavy atom. The Bertz CT molecular complexity index is 772. The molecule has 260 valence electrons. The first kappa shape index (κ1) is 42.9. The van der Waals surface area contributed by atoms with Gasteiger partial charge in [-0.3, -0.25) is 9.59 Å². The van der Waals surface area contributed by atoms with Crippen molar-refractivity contribution in [3.05, 3.63) is 48.6 Å². The second-order valence-electron chi connectivity index (χ2n) is 12.6. The number of carbonyl (C=O) groups is 2. The predicted molar refractivity (Wildman–Crippen MR) is 197 cm³/mol. The first-order chi connectivity index (χ1) is 22.2. The predicted octanol–water partition coefficient (Wildman–Crippen LogP) is 10.6. The van der Waals surface area contributed by atoms with Crippen LogP contribution < -0.4 is 16.4 Å². The number of unbranched alkanes of at least 4 members (excludes halogenated alkanes) is 17. The zero-order valence-corrected chi connectivity index (χ0v) is 29.7. The van der Waals surface area contributed by atoms with Gasteiger partial charge in [-0.1, -0.05) is 133 Å². The summed E-state index contributed by atoms with van der Waals surface area (Å²) in [7, 11) is 0. The zero-order valence-electron chi connectivity index (χ0n) is 29.7. The van der Waals surface area contributed by atoms with E-state index in [4.69, 9.17) is 5.73 Å². The minimum Gasteiger partial charge on any atom is -0.354 e. The van der Waals surface area contributed by atoms with Crippen molar-refractivity contribution in [2.75, 3.05) is 13.1 Å². The number of hydrogen-bond donors (Lipinski definition) is 3. The molecular formula is C40H73N3O2. The number of nitrogens with two attached hydrogens (primary N) is 1. The molecule has 0 aliphatic heterocycles. The van der Waals surface area contributed by atoms with Crippen LogP contribution in [0.4, 0.5) is 0 Å². The number of carbonyl (C=O) groups excluding carboxylic acids is 2. The molecule has 0 radical (unpaired) electrons. The Morgan fingerprint density at radius 2 is 0.978 bits per heavy atom. The Hall–Kier alpha value is -2.14. The highest BCUT2D eigenvalue weighted by molar-refractivity contribution is 5.87. The Morgan fingerprint density at radius 1 is 0.556 bits per heavy atom. The third-order valence-electron chi connectivity index (χ3n) is 8.14. The van der Waals surface area contributed by atoms with Crippen LogP contribution in [0.25, 0.3) is 0 Å². The van der Waals surface area contributed by atoms with Crippen LogP contribution in [0.3, 0.4) is 0 Å². The van der Waals surface area contributed by atoms with Crippen molar-refractivity contribution in [1.82, 2.24) is 10.6 Å². The average Bonchev–Trinajstić information content (AvgIpc) is 3.04. The molecule has 0 aromatic rings. The van der Waals surface area contributed by atoms with Gasteiger partial charge in [-0.05, 0) is 90.0 Å². The summed E-state index contributed by atoms with van der Waals surface area (Å²) >= 11 is 0. The smallest absolute Gasteiger partial charge is 0.242 e. The maximum Gasteiger partial charge on any atom is 0.242 e. The van der Waals surface area contributed by atoms with Gasteiger partial charge < -0.3 is 16.4 Å². The monoisotopic (exact) mass is 628 g/mol. The summed E-state index contributed by atoms with van der Waals surface area (Å²) in [6.07, 6.45) is 46.6. The molecule has 5 heteroatoms. The number of hydrogen-bond acceptors (Lipinski definition) is 3. The maximum atomic E-state index is 12.6. The van der Waals surface area contributed by atoms with E-state index in [0.29, 0.717) is 25.9 Å². The van der Waals surface area contributed by atoms with E-state index < -0.39 is 6.04 Å². The van der Waals surface area contributed by atoms with Crippen molar-refractivity contribution in [2.45, 2.75) is 180 Å². The van der Waals surface area contributed by atoms with E-state index in [2.05, 4.69) is 73.1 Å². The third-order valence-corrected chi connectivity index (χ3v) is 8.14. The van der Waals surface area contributed by atoms with Gasteiger partial charge in [0.15, 0.2) is 0 Å². The molecule has 0 fully saturated rings. The van der Waals surface area contributed by atoms with Crippen molar-refractivity contribution in [3.8, 4) is 0 Å². The van der Waals surface area contributed by atoms with Gasteiger partial charge in [-0.25, -0.2) is 0 Å². The lowest BCUT2D eigenvalue weighted by Crippen LogP contribution is -2.47. The molecule has 0 saturated carbocycles. The molecule has 0 aliphatic carbocycles. The molecule has 1 unspecified atom stereocenters. The number of amides is 2. The molecular weight excluding hydrogens is 554 g/mol. The van der Waals surface area contributed by atoms with Crippen molar-refractivity contribution < 1.29 is 9.59 Å². The molecule has 0 rings (SSSR count). The lowest BCUT2D eigenvalue weighted by atomic mass is 10.1.